The van der Waals surface area contributed by atoms with Crippen LogP contribution in [0, 0.1) is 0 Å². The van der Waals surface area contributed by atoms with Crippen LogP contribution in [0.1, 0.15) is 24.4 Å². The maximum absolute atomic E-state index is 11.5. The van der Waals surface area contributed by atoms with E-state index in [1.807, 2.05) is 12.1 Å². The molecule has 0 radical (unpaired) electrons. The van der Waals surface area contributed by atoms with Gasteiger partial charge in [0.2, 0.25) is 5.91 Å². The first-order valence-electron chi connectivity index (χ1n) is 5.13. The highest BCUT2D eigenvalue weighted by molar-refractivity contribution is 5.78. The number of aliphatic hydroxyl groups excluding tert-OH is 1. The number of hydrogen-bond donors (Lipinski definition) is 1. The van der Waals surface area contributed by atoms with Gasteiger partial charge < -0.3 is 10.0 Å². The maximum Gasteiger partial charge on any atom is 0.248 e. The molecule has 1 unspecified atom stereocenters. The molecule has 1 aliphatic heterocycles. The van der Waals surface area contributed by atoms with Crippen LogP contribution < -0.4 is 0 Å². The standard InChI is InChI=1S/C11H14N2O2/c14-8-11(15)13-7-1-2-10(13)9-3-5-12-6-4-9/h3-6,10,14H,1-2,7-8H2. The van der Waals surface area contributed by atoms with Crippen LogP contribution >= 0.6 is 0 Å². The van der Waals surface area contributed by atoms with E-state index >= 15 is 0 Å². The summed E-state index contributed by atoms with van der Waals surface area (Å²) >= 11 is 0. The molecule has 0 aliphatic carbocycles. The zero-order chi connectivity index (χ0) is 10.7. The Kier molecular flexibility index (Phi) is 2.97. The van der Waals surface area contributed by atoms with Crippen molar-refractivity contribution in [1.29, 1.82) is 0 Å². The Morgan fingerprint density at radius 2 is 2.27 bits per heavy atom. The van der Waals surface area contributed by atoms with Gasteiger partial charge in [0.1, 0.15) is 6.61 Å². The summed E-state index contributed by atoms with van der Waals surface area (Å²) < 4.78 is 0. The summed E-state index contributed by atoms with van der Waals surface area (Å²) in [4.78, 5) is 17.2. The van der Waals surface area contributed by atoms with Crippen molar-refractivity contribution in [2.24, 2.45) is 0 Å². The minimum Gasteiger partial charge on any atom is -0.387 e. The third kappa shape index (κ3) is 1.99. The van der Waals surface area contributed by atoms with Gasteiger partial charge in [-0.2, -0.15) is 0 Å². The van der Waals surface area contributed by atoms with E-state index in [9.17, 15) is 4.79 Å². The number of carbonyl (C=O) groups excluding carboxylic acids is 1. The van der Waals surface area contributed by atoms with Crippen molar-refractivity contribution in [1.82, 2.24) is 9.88 Å². The van der Waals surface area contributed by atoms with Crippen molar-refractivity contribution in [2.75, 3.05) is 13.2 Å². The minimum atomic E-state index is -0.401. The molecule has 1 atom stereocenters. The van der Waals surface area contributed by atoms with Crippen LogP contribution in [0.3, 0.4) is 0 Å². The average Bonchev–Trinajstić information content (AvgIpc) is 2.78. The van der Waals surface area contributed by atoms with Gasteiger partial charge in [-0.3, -0.25) is 9.78 Å². The Morgan fingerprint density at radius 1 is 1.53 bits per heavy atom. The van der Waals surface area contributed by atoms with Crippen LogP contribution in [0.25, 0.3) is 0 Å². The van der Waals surface area contributed by atoms with Crippen molar-refractivity contribution < 1.29 is 9.90 Å². The number of amides is 1. The van der Waals surface area contributed by atoms with Gasteiger partial charge in [-0.05, 0) is 30.5 Å². The molecule has 1 fully saturated rings. The quantitative estimate of drug-likeness (QED) is 0.776. The van der Waals surface area contributed by atoms with Crippen molar-refractivity contribution in [3.63, 3.8) is 0 Å². The van der Waals surface area contributed by atoms with Crippen LogP contribution in [0.15, 0.2) is 24.5 Å². The maximum atomic E-state index is 11.5. The molecule has 15 heavy (non-hydrogen) atoms. The zero-order valence-corrected chi connectivity index (χ0v) is 8.47. The molecular weight excluding hydrogens is 192 g/mol. The minimum absolute atomic E-state index is 0.118. The van der Waals surface area contributed by atoms with Crippen LogP contribution in [-0.2, 0) is 4.79 Å². The summed E-state index contributed by atoms with van der Waals surface area (Å²) in [6.07, 6.45) is 5.43. The van der Waals surface area contributed by atoms with E-state index in [4.69, 9.17) is 5.11 Å². The predicted octanol–water partition coefficient (Wildman–Crippen LogP) is 0.737. The molecule has 1 aliphatic rings. The second-order valence-corrected chi connectivity index (χ2v) is 3.68. The smallest absolute Gasteiger partial charge is 0.248 e. The summed E-state index contributed by atoms with van der Waals surface area (Å²) in [7, 11) is 0. The molecule has 2 heterocycles. The van der Waals surface area contributed by atoms with E-state index in [0.717, 1.165) is 24.9 Å². The van der Waals surface area contributed by atoms with Crippen LogP contribution in [0.4, 0.5) is 0 Å². The molecule has 4 nitrogen and oxygen atoms in total. The molecule has 0 aromatic carbocycles. The number of hydrogen-bond acceptors (Lipinski definition) is 3. The van der Waals surface area contributed by atoms with Crippen LogP contribution in [-0.4, -0.2) is 34.0 Å². The Morgan fingerprint density at radius 3 is 2.93 bits per heavy atom. The molecule has 0 saturated carbocycles. The number of aliphatic hydroxyl groups is 1. The lowest BCUT2D eigenvalue weighted by atomic mass is 10.1. The van der Waals surface area contributed by atoms with E-state index < -0.39 is 6.61 Å². The summed E-state index contributed by atoms with van der Waals surface area (Å²) in [5.74, 6) is -0.186. The monoisotopic (exact) mass is 206 g/mol. The molecule has 2 rings (SSSR count). The number of nitrogens with zero attached hydrogens (tertiary/aromatic N) is 2. The summed E-state index contributed by atoms with van der Waals surface area (Å²) in [6.45, 7) is 0.341. The lowest BCUT2D eigenvalue weighted by Crippen LogP contribution is -2.32. The number of likely N-dealkylation sites (tertiary alicyclic amines) is 1. The van der Waals surface area contributed by atoms with Gasteiger partial charge in [0.05, 0.1) is 6.04 Å². The largest absolute Gasteiger partial charge is 0.387 e. The first-order valence-corrected chi connectivity index (χ1v) is 5.13. The van der Waals surface area contributed by atoms with E-state index in [-0.39, 0.29) is 11.9 Å². The van der Waals surface area contributed by atoms with Gasteiger partial charge in [-0.1, -0.05) is 0 Å². The Bertz CT molecular complexity index is 340. The highest BCUT2D eigenvalue weighted by Crippen LogP contribution is 2.31. The van der Waals surface area contributed by atoms with Crippen molar-refractivity contribution in [3.8, 4) is 0 Å². The fourth-order valence-corrected chi connectivity index (χ4v) is 2.09. The first kappa shape index (κ1) is 10.1. The van der Waals surface area contributed by atoms with Gasteiger partial charge in [-0.15, -0.1) is 0 Å². The molecule has 0 bridgehead atoms. The molecule has 1 N–H and O–H groups in total. The molecule has 80 valence electrons. The number of pyridine rings is 1. The lowest BCUT2D eigenvalue weighted by Gasteiger charge is -2.24. The van der Waals surface area contributed by atoms with Crippen LogP contribution in [0.2, 0.25) is 0 Å². The molecule has 1 aromatic rings. The second kappa shape index (κ2) is 4.40. The predicted molar refractivity (Wildman–Crippen MR) is 55.0 cm³/mol. The number of aromatic nitrogens is 1. The SMILES string of the molecule is O=C(CO)N1CCCC1c1ccncc1. The van der Waals surface area contributed by atoms with E-state index in [2.05, 4.69) is 4.98 Å². The second-order valence-electron chi connectivity index (χ2n) is 3.68. The van der Waals surface area contributed by atoms with Crippen LogP contribution in [0.5, 0.6) is 0 Å². The Labute approximate surface area is 88.6 Å². The molecule has 4 heteroatoms. The van der Waals surface area contributed by atoms with E-state index in [0.29, 0.717) is 0 Å². The number of rotatable bonds is 2. The Balaban J connectivity index is 2.18. The zero-order valence-electron chi connectivity index (χ0n) is 8.47. The van der Waals surface area contributed by atoms with Gasteiger partial charge in [0.15, 0.2) is 0 Å². The first-order chi connectivity index (χ1) is 7.33. The molecule has 1 amide bonds. The highest BCUT2D eigenvalue weighted by atomic mass is 16.3. The molecular formula is C11H14N2O2. The number of carbonyl (C=O) groups is 1. The molecule has 1 aromatic heterocycles. The lowest BCUT2D eigenvalue weighted by molar-refractivity contribution is -0.135. The van der Waals surface area contributed by atoms with Gasteiger partial charge in [0, 0.05) is 18.9 Å². The Hall–Kier alpha value is -1.42. The third-order valence-electron chi connectivity index (χ3n) is 2.80. The summed E-state index contributed by atoms with van der Waals surface area (Å²) in [5.41, 5.74) is 1.10. The summed E-state index contributed by atoms with van der Waals surface area (Å²) in [5, 5.41) is 8.86. The fraction of sp³-hybridized carbons (Fsp3) is 0.455. The fourth-order valence-electron chi connectivity index (χ4n) is 2.09. The van der Waals surface area contributed by atoms with Crippen molar-refractivity contribution in [3.05, 3.63) is 30.1 Å². The third-order valence-corrected chi connectivity index (χ3v) is 2.80. The van der Waals surface area contributed by atoms with E-state index in [1.54, 1.807) is 17.3 Å². The highest BCUT2D eigenvalue weighted by Gasteiger charge is 2.28. The summed E-state index contributed by atoms with van der Waals surface area (Å²) in [6, 6.07) is 3.97. The van der Waals surface area contributed by atoms with Crippen molar-refractivity contribution >= 4 is 5.91 Å². The molecule has 0 spiro atoms. The normalized spacial score (nSPS) is 20.6. The van der Waals surface area contributed by atoms with Crippen molar-refractivity contribution in [2.45, 2.75) is 18.9 Å². The average molecular weight is 206 g/mol. The van der Waals surface area contributed by atoms with Gasteiger partial charge in [-0.25, -0.2) is 0 Å². The molecule has 1 saturated heterocycles. The van der Waals surface area contributed by atoms with Gasteiger partial charge in [0.25, 0.3) is 0 Å². The topological polar surface area (TPSA) is 53.4 Å². The van der Waals surface area contributed by atoms with Gasteiger partial charge >= 0.3 is 0 Å². The van der Waals surface area contributed by atoms with E-state index in [1.165, 1.54) is 0 Å².